The van der Waals surface area contributed by atoms with Crippen molar-refractivity contribution in [1.29, 1.82) is 5.41 Å². The van der Waals surface area contributed by atoms with Crippen LogP contribution in [0.15, 0.2) is 36.4 Å². The second kappa shape index (κ2) is 12.5. The maximum atomic E-state index is 13.9. The molecule has 0 atom stereocenters. The van der Waals surface area contributed by atoms with Crippen molar-refractivity contribution in [1.82, 2.24) is 10.3 Å². The number of rotatable bonds is 11. The molecule has 0 bridgehead atoms. The third-order valence-electron chi connectivity index (χ3n) is 8.02. The van der Waals surface area contributed by atoms with E-state index < -0.39 is 17.5 Å². The number of anilines is 2. The average Bonchev–Trinajstić information content (AvgIpc) is 2.94. The Labute approximate surface area is 249 Å². The molecule has 0 saturated heterocycles. The molecular weight excluding hydrogens is 554 g/mol. The van der Waals surface area contributed by atoms with Crippen LogP contribution in [-0.2, 0) is 17.8 Å². The van der Waals surface area contributed by atoms with Gasteiger partial charge in [0.15, 0.2) is 18.2 Å². The molecule has 226 valence electrons. The first-order chi connectivity index (χ1) is 20.6. The minimum absolute atomic E-state index is 0.0153. The maximum absolute atomic E-state index is 13.9. The molecule has 5 N–H and O–H groups in total. The largest absolute Gasteiger partial charge is 0.482 e. The maximum Gasteiger partial charge on any atom is 0.265 e. The lowest BCUT2D eigenvalue weighted by Crippen LogP contribution is -2.41. The zero-order chi connectivity index (χ0) is 30.8. The summed E-state index contributed by atoms with van der Waals surface area (Å²) in [6.07, 6.45) is 3.75. The quantitative estimate of drug-likeness (QED) is 0.240. The highest BCUT2D eigenvalue weighted by molar-refractivity contribution is 6.08. The number of fused-ring (bicyclic) bond motifs is 1. The van der Waals surface area contributed by atoms with Gasteiger partial charge in [0.1, 0.15) is 11.6 Å². The normalized spacial score (nSPS) is 17.7. The van der Waals surface area contributed by atoms with Gasteiger partial charge in [-0.1, -0.05) is 26.0 Å². The third kappa shape index (κ3) is 6.22. The number of amides is 2. The molecule has 0 radical (unpaired) electrons. The molecule has 1 aliphatic heterocycles. The van der Waals surface area contributed by atoms with Crippen LogP contribution in [0.4, 0.5) is 20.3 Å². The zero-order valence-electron chi connectivity index (χ0n) is 24.5. The number of ether oxygens (including phenoxy) is 1. The minimum Gasteiger partial charge on any atom is -0.482 e. The van der Waals surface area contributed by atoms with E-state index in [0.29, 0.717) is 70.1 Å². The van der Waals surface area contributed by atoms with Crippen molar-refractivity contribution in [3.63, 3.8) is 0 Å². The monoisotopic (exact) mass is 590 g/mol. The Hall–Kier alpha value is -4.38. The molecule has 3 aromatic rings. The summed E-state index contributed by atoms with van der Waals surface area (Å²) in [5.41, 5.74) is 9.06. The Kier molecular flexibility index (Phi) is 8.72. The van der Waals surface area contributed by atoms with Gasteiger partial charge in [0, 0.05) is 29.9 Å². The van der Waals surface area contributed by atoms with Crippen molar-refractivity contribution >= 4 is 29.5 Å². The van der Waals surface area contributed by atoms with Gasteiger partial charge in [-0.05, 0) is 73.5 Å². The Bertz CT molecular complexity index is 1570. The van der Waals surface area contributed by atoms with Crippen LogP contribution in [0.2, 0.25) is 0 Å². The van der Waals surface area contributed by atoms with Crippen molar-refractivity contribution in [2.75, 3.05) is 30.4 Å². The molecular formula is C32H36F2N6O3. The summed E-state index contributed by atoms with van der Waals surface area (Å²) in [5, 5.41) is 15.0. The van der Waals surface area contributed by atoms with E-state index in [0.717, 1.165) is 25.0 Å². The molecule has 2 amide bonds. The molecule has 1 saturated carbocycles. The lowest BCUT2D eigenvalue weighted by atomic mass is 9.80. The number of benzene rings is 2. The summed E-state index contributed by atoms with van der Waals surface area (Å²) < 4.78 is 33.1. The van der Waals surface area contributed by atoms with E-state index in [1.807, 2.05) is 20.9 Å². The smallest absolute Gasteiger partial charge is 0.265 e. The van der Waals surface area contributed by atoms with Crippen LogP contribution in [0.3, 0.4) is 0 Å². The number of aromatic nitrogens is 1. The summed E-state index contributed by atoms with van der Waals surface area (Å²) in [6, 6.07) is 9.14. The van der Waals surface area contributed by atoms with Gasteiger partial charge in [-0.25, -0.2) is 13.8 Å². The number of halogens is 2. The summed E-state index contributed by atoms with van der Waals surface area (Å²) >= 11 is 0. The van der Waals surface area contributed by atoms with Crippen molar-refractivity contribution in [3.05, 3.63) is 70.4 Å². The Morgan fingerprint density at radius 2 is 1.98 bits per heavy atom. The molecule has 1 aliphatic carbocycles. The Balaban J connectivity index is 1.57. The summed E-state index contributed by atoms with van der Waals surface area (Å²) in [4.78, 5) is 32.0. The van der Waals surface area contributed by atoms with Crippen LogP contribution in [-0.4, -0.2) is 49.3 Å². The van der Waals surface area contributed by atoms with Gasteiger partial charge in [-0.3, -0.25) is 9.59 Å². The van der Waals surface area contributed by atoms with Gasteiger partial charge >= 0.3 is 0 Å². The van der Waals surface area contributed by atoms with Gasteiger partial charge < -0.3 is 31.4 Å². The number of primary amides is 1. The Morgan fingerprint density at radius 1 is 1.21 bits per heavy atom. The number of pyridine rings is 1. The number of hydrogen-bond acceptors (Lipinski definition) is 7. The van der Waals surface area contributed by atoms with Crippen LogP contribution in [0, 0.1) is 28.9 Å². The number of carbonyl (C=O) groups is 2. The highest BCUT2D eigenvalue weighted by atomic mass is 19.2. The van der Waals surface area contributed by atoms with E-state index in [1.54, 1.807) is 18.2 Å². The molecule has 2 heterocycles. The van der Waals surface area contributed by atoms with Crippen LogP contribution in [0.5, 0.6) is 5.75 Å². The van der Waals surface area contributed by atoms with Crippen molar-refractivity contribution in [2.24, 2.45) is 17.6 Å². The number of carbonyl (C=O) groups excluding carboxylic acids is 2. The average molecular weight is 591 g/mol. The molecule has 9 nitrogen and oxygen atoms in total. The minimum atomic E-state index is -0.995. The first-order valence-corrected chi connectivity index (χ1v) is 14.4. The van der Waals surface area contributed by atoms with Gasteiger partial charge in [0.05, 0.1) is 23.5 Å². The number of nitrogens with two attached hydrogens (primary N) is 1. The molecule has 11 heteroatoms. The molecule has 43 heavy (non-hydrogen) atoms. The molecule has 0 unspecified atom stereocenters. The van der Waals surface area contributed by atoms with E-state index in [4.69, 9.17) is 20.9 Å². The predicted octanol–water partition coefficient (Wildman–Crippen LogP) is 4.66. The topological polar surface area (TPSA) is 133 Å². The molecule has 0 spiro atoms. The Morgan fingerprint density at radius 3 is 2.63 bits per heavy atom. The van der Waals surface area contributed by atoms with Crippen molar-refractivity contribution in [3.8, 4) is 16.9 Å². The standard InChI is InChI=1S/C32H36F2N6O3/c1-17(2)8-25-30(31(36)42)29(22(13-35)32(39-25)38-14-19-9-21(10-19)37-3)20-5-7-26-27(12-20)43-16-28(41)40(26)15-18-4-6-23(33)24(34)11-18/h4-7,11-13,17,19,21,35,37H,8-10,14-16H2,1-3H3,(H2,36,42)(H,38,39). The third-order valence-corrected chi connectivity index (χ3v) is 8.02. The fraction of sp³-hybridized carbons (Fsp3) is 0.375. The van der Waals surface area contributed by atoms with Gasteiger partial charge in [-0.15, -0.1) is 0 Å². The summed E-state index contributed by atoms with van der Waals surface area (Å²) in [6.45, 7) is 4.50. The number of nitrogens with one attached hydrogen (secondary N) is 3. The second-order valence-electron chi connectivity index (χ2n) is 11.6. The highest BCUT2D eigenvalue weighted by Gasteiger charge is 2.31. The van der Waals surface area contributed by atoms with Crippen LogP contribution < -0.4 is 26.0 Å². The fourth-order valence-electron chi connectivity index (χ4n) is 5.76. The van der Waals surface area contributed by atoms with Gasteiger partial charge in [-0.2, -0.15) is 0 Å². The number of hydrogen-bond donors (Lipinski definition) is 4. The SMILES string of the molecule is CNC1CC(CNc2nc(CC(C)C)c(C(N)=O)c(-c3ccc4c(c3)OCC(=O)N4Cc3ccc(F)c(F)c3)c2C=N)C1. The molecule has 1 fully saturated rings. The van der Waals surface area contributed by atoms with E-state index in [2.05, 4.69) is 10.6 Å². The fourth-order valence-corrected chi connectivity index (χ4v) is 5.76. The predicted molar refractivity (Wildman–Crippen MR) is 162 cm³/mol. The van der Waals surface area contributed by atoms with Gasteiger partial charge in [0.25, 0.3) is 11.8 Å². The molecule has 5 rings (SSSR count). The van der Waals surface area contributed by atoms with E-state index in [1.165, 1.54) is 17.2 Å². The second-order valence-corrected chi connectivity index (χ2v) is 11.6. The van der Waals surface area contributed by atoms with Gasteiger partial charge in [0.2, 0.25) is 0 Å². The molecule has 2 aromatic carbocycles. The van der Waals surface area contributed by atoms with E-state index >= 15 is 0 Å². The molecule has 1 aromatic heterocycles. The first kappa shape index (κ1) is 30.1. The van der Waals surface area contributed by atoms with Crippen LogP contribution >= 0.6 is 0 Å². The number of nitrogens with zero attached hydrogens (tertiary/aromatic N) is 2. The van der Waals surface area contributed by atoms with Crippen molar-refractivity contribution in [2.45, 2.75) is 45.7 Å². The summed E-state index contributed by atoms with van der Waals surface area (Å²) in [5.74, 6) is -1.43. The van der Waals surface area contributed by atoms with E-state index in [-0.39, 0.29) is 30.5 Å². The highest BCUT2D eigenvalue weighted by Crippen LogP contribution is 2.41. The van der Waals surface area contributed by atoms with Crippen LogP contribution in [0.25, 0.3) is 11.1 Å². The lowest BCUT2D eigenvalue weighted by molar-refractivity contribution is -0.121. The zero-order valence-corrected chi connectivity index (χ0v) is 24.5. The van der Waals surface area contributed by atoms with E-state index in [9.17, 15) is 18.4 Å². The first-order valence-electron chi connectivity index (χ1n) is 14.4. The lowest BCUT2D eigenvalue weighted by Gasteiger charge is -2.35. The molecule has 2 aliphatic rings. The summed E-state index contributed by atoms with van der Waals surface area (Å²) in [7, 11) is 1.95. The van der Waals surface area contributed by atoms with Crippen molar-refractivity contribution < 1.29 is 23.1 Å². The van der Waals surface area contributed by atoms with Crippen LogP contribution in [0.1, 0.15) is 53.9 Å².